The molecule has 25 heavy (non-hydrogen) atoms. The van der Waals surface area contributed by atoms with Crippen molar-refractivity contribution >= 4 is 5.91 Å². The number of nitrogens with one attached hydrogen (secondary N) is 2. The maximum absolute atomic E-state index is 12.4. The lowest BCUT2D eigenvalue weighted by atomic mass is 9.98. The second-order valence-corrected chi connectivity index (χ2v) is 7.28. The lowest BCUT2D eigenvalue weighted by Gasteiger charge is -2.19. The summed E-state index contributed by atoms with van der Waals surface area (Å²) < 4.78 is 5.13. The van der Waals surface area contributed by atoms with Gasteiger partial charge in [0.25, 0.3) is 5.56 Å². The van der Waals surface area contributed by atoms with Crippen molar-refractivity contribution in [3.8, 4) is 0 Å². The van der Waals surface area contributed by atoms with E-state index in [1.165, 1.54) is 19.0 Å². The van der Waals surface area contributed by atoms with Crippen molar-refractivity contribution < 1.29 is 9.53 Å². The first-order valence-electron chi connectivity index (χ1n) is 9.12. The Hall–Kier alpha value is -1.73. The number of H-pyrrole nitrogens is 1. The zero-order valence-corrected chi connectivity index (χ0v) is 15.1. The molecule has 7 heteroatoms. The lowest BCUT2D eigenvalue weighted by Crippen LogP contribution is -2.42. The van der Waals surface area contributed by atoms with Gasteiger partial charge in [-0.3, -0.25) is 9.59 Å². The molecule has 1 aliphatic heterocycles. The van der Waals surface area contributed by atoms with Crippen molar-refractivity contribution in [2.75, 3.05) is 33.4 Å². The number of rotatable bonds is 8. The van der Waals surface area contributed by atoms with Gasteiger partial charge in [0.05, 0.1) is 6.42 Å². The van der Waals surface area contributed by atoms with Crippen LogP contribution in [0.25, 0.3) is 0 Å². The summed E-state index contributed by atoms with van der Waals surface area (Å²) in [5, 5.41) is 3.17. The summed E-state index contributed by atoms with van der Waals surface area (Å²) in [4.78, 5) is 33.5. The third-order valence-corrected chi connectivity index (χ3v) is 5.19. The maximum Gasteiger partial charge on any atom is 0.254 e. The van der Waals surface area contributed by atoms with Crippen LogP contribution in [0.5, 0.6) is 0 Å². The summed E-state index contributed by atoms with van der Waals surface area (Å²) in [7, 11) is 1.72. The Morgan fingerprint density at radius 3 is 2.92 bits per heavy atom. The van der Waals surface area contributed by atoms with E-state index < -0.39 is 0 Å². The van der Waals surface area contributed by atoms with E-state index in [4.69, 9.17) is 4.74 Å². The number of ether oxygens (including phenoxy) is 1. The van der Waals surface area contributed by atoms with Gasteiger partial charge in [-0.2, -0.15) is 0 Å². The Kier molecular flexibility index (Phi) is 5.86. The Labute approximate surface area is 148 Å². The number of hydrogen-bond donors (Lipinski definition) is 2. The average Bonchev–Trinajstić information content (AvgIpc) is 3.33. The minimum Gasteiger partial charge on any atom is -0.385 e. The molecule has 0 radical (unpaired) electrons. The van der Waals surface area contributed by atoms with Crippen LogP contribution in [-0.2, 0) is 16.0 Å². The predicted molar refractivity (Wildman–Crippen MR) is 94.4 cm³/mol. The van der Waals surface area contributed by atoms with Gasteiger partial charge in [-0.25, -0.2) is 4.98 Å². The first kappa shape index (κ1) is 18.1. The van der Waals surface area contributed by atoms with Crippen LogP contribution in [0.3, 0.4) is 0 Å². The van der Waals surface area contributed by atoms with Crippen molar-refractivity contribution in [2.45, 2.75) is 38.6 Å². The number of aromatic nitrogens is 2. The largest absolute Gasteiger partial charge is 0.385 e. The molecular formula is C18H28N4O3. The van der Waals surface area contributed by atoms with Gasteiger partial charge < -0.3 is 19.9 Å². The quantitative estimate of drug-likeness (QED) is 0.668. The Morgan fingerprint density at radius 2 is 2.24 bits per heavy atom. The van der Waals surface area contributed by atoms with Crippen LogP contribution in [0.2, 0.25) is 0 Å². The van der Waals surface area contributed by atoms with Crippen molar-refractivity contribution in [1.29, 1.82) is 0 Å². The van der Waals surface area contributed by atoms with E-state index in [-0.39, 0.29) is 23.9 Å². The molecule has 0 unspecified atom stereocenters. The van der Waals surface area contributed by atoms with Gasteiger partial charge in [0.2, 0.25) is 5.91 Å². The Bertz CT molecular complexity index is 656. The summed E-state index contributed by atoms with van der Waals surface area (Å²) in [5.74, 6) is 1.74. The van der Waals surface area contributed by atoms with Crippen LogP contribution in [0.1, 0.15) is 30.7 Å². The highest BCUT2D eigenvalue weighted by molar-refractivity contribution is 5.78. The molecule has 2 fully saturated rings. The van der Waals surface area contributed by atoms with Gasteiger partial charge in [0.15, 0.2) is 0 Å². The van der Waals surface area contributed by atoms with Gasteiger partial charge in [0.1, 0.15) is 5.82 Å². The Balaban J connectivity index is 1.56. The number of carbonyl (C=O) groups is 1. The molecule has 0 bridgehead atoms. The smallest absolute Gasteiger partial charge is 0.254 e. The highest BCUT2D eigenvalue weighted by Crippen LogP contribution is 2.41. The molecule has 7 nitrogen and oxygen atoms in total. The van der Waals surface area contributed by atoms with Crippen LogP contribution in [0, 0.1) is 18.8 Å². The van der Waals surface area contributed by atoms with Gasteiger partial charge >= 0.3 is 0 Å². The van der Waals surface area contributed by atoms with E-state index in [1.54, 1.807) is 14.0 Å². The summed E-state index contributed by atoms with van der Waals surface area (Å²) in [6, 6.07) is 0.181. The molecule has 138 valence electrons. The fraction of sp³-hybridized carbons (Fsp3) is 0.722. The fourth-order valence-electron chi connectivity index (χ4n) is 3.75. The minimum absolute atomic E-state index is 0.0835. The third kappa shape index (κ3) is 4.89. The molecule has 2 atom stereocenters. The van der Waals surface area contributed by atoms with Crippen LogP contribution in [0.4, 0.5) is 0 Å². The predicted octanol–water partition coefficient (Wildman–Crippen LogP) is 0.484. The first-order valence-corrected chi connectivity index (χ1v) is 9.12. The topological polar surface area (TPSA) is 87.3 Å². The molecule has 1 aromatic heterocycles. The number of likely N-dealkylation sites (tertiary alicyclic amines) is 1. The van der Waals surface area contributed by atoms with Gasteiger partial charge in [-0.15, -0.1) is 0 Å². The molecule has 0 spiro atoms. The minimum atomic E-state index is -0.228. The van der Waals surface area contributed by atoms with Gasteiger partial charge in [0, 0.05) is 51.2 Å². The summed E-state index contributed by atoms with van der Waals surface area (Å²) >= 11 is 0. The van der Waals surface area contributed by atoms with E-state index in [1.807, 2.05) is 0 Å². The summed E-state index contributed by atoms with van der Waals surface area (Å²) in [6.07, 6.45) is 5.13. The summed E-state index contributed by atoms with van der Waals surface area (Å²) in [6.45, 7) is 5.43. The van der Waals surface area contributed by atoms with Crippen molar-refractivity contribution in [3.63, 3.8) is 0 Å². The molecule has 1 aromatic rings. The molecule has 1 aliphatic carbocycles. The molecule has 3 rings (SSSR count). The molecule has 0 aromatic carbocycles. The fourth-order valence-corrected chi connectivity index (χ4v) is 3.75. The van der Waals surface area contributed by atoms with Crippen LogP contribution < -0.4 is 10.9 Å². The standard InChI is InChI=1S/C18H28N4O3/c1-12-19-9-14(18(24)20-12)8-17(23)21-16-11-22(6-3-7-25-2)10-15(16)13-4-5-13/h9,13,15-16H,3-8,10-11H2,1-2H3,(H,21,23)(H,19,20,24)/t15-,16+/m0/s1. The molecule has 1 saturated carbocycles. The van der Waals surface area contributed by atoms with Crippen molar-refractivity contribution in [3.05, 3.63) is 27.9 Å². The molecule has 1 amide bonds. The number of methoxy groups -OCH3 is 1. The number of hydrogen-bond acceptors (Lipinski definition) is 5. The number of aromatic amines is 1. The molecule has 2 heterocycles. The van der Waals surface area contributed by atoms with E-state index in [9.17, 15) is 9.59 Å². The number of aryl methyl sites for hydroxylation is 1. The molecule has 1 saturated heterocycles. The molecule has 2 aliphatic rings. The molecular weight excluding hydrogens is 320 g/mol. The normalized spacial score (nSPS) is 23.8. The van der Waals surface area contributed by atoms with E-state index in [0.717, 1.165) is 38.6 Å². The Morgan fingerprint density at radius 1 is 1.44 bits per heavy atom. The van der Waals surface area contributed by atoms with Crippen LogP contribution in [0.15, 0.2) is 11.0 Å². The number of carbonyl (C=O) groups excluding carboxylic acids is 1. The second kappa shape index (κ2) is 8.10. The zero-order chi connectivity index (χ0) is 17.8. The first-order chi connectivity index (χ1) is 12.1. The highest BCUT2D eigenvalue weighted by atomic mass is 16.5. The van der Waals surface area contributed by atoms with Crippen LogP contribution >= 0.6 is 0 Å². The third-order valence-electron chi connectivity index (χ3n) is 5.19. The second-order valence-electron chi connectivity index (χ2n) is 7.28. The van der Waals surface area contributed by atoms with Gasteiger partial charge in [-0.05, 0) is 38.0 Å². The van der Waals surface area contributed by atoms with E-state index in [2.05, 4.69) is 20.2 Å². The van der Waals surface area contributed by atoms with E-state index >= 15 is 0 Å². The zero-order valence-electron chi connectivity index (χ0n) is 15.1. The molecule has 2 N–H and O–H groups in total. The average molecular weight is 348 g/mol. The monoisotopic (exact) mass is 348 g/mol. The SMILES string of the molecule is COCCCN1C[C@@H](NC(=O)Cc2cnc(C)[nH]c2=O)[C@H](C2CC2)C1. The summed E-state index contributed by atoms with van der Waals surface area (Å²) in [5.41, 5.74) is 0.190. The van der Waals surface area contributed by atoms with Crippen LogP contribution in [-0.4, -0.2) is 60.2 Å². The highest BCUT2D eigenvalue weighted by Gasteiger charge is 2.42. The lowest BCUT2D eigenvalue weighted by molar-refractivity contribution is -0.121. The number of amides is 1. The van der Waals surface area contributed by atoms with Crippen molar-refractivity contribution in [1.82, 2.24) is 20.2 Å². The number of nitrogens with zero attached hydrogens (tertiary/aromatic N) is 2. The van der Waals surface area contributed by atoms with Crippen molar-refractivity contribution in [2.24, 2.45) is 11.8 Å². The van der Waals surface area contributed by atoms with Gasteiger partial charge in [-0.1, -0.05) is 0 Å². The van der Waals surface area contributed by atoms with E-state index in [0.29, 0.717) is 17.3 Å². The maximum atomic E-state index is 12.4.